The molecular weight excluding hydrogens is 458 g/mol. The first kappa shape index (κ1) is 14.1. The first-order valence-corrected chi connectivity index (χ1v) is 8.90. The molecule has 2 nitrogen and oxygen atoms in total. The molecular formula is C13H10Br3NOS. The highest BCUT2D eigenvalue weighted by Crippen LogP contribution is 2.44. The minimum atomic E-state index is 0.0153. The van der Waals surface area contributed by atoms with Gasteiger partial charge in [0, 0.05) is 31.8 Å². The number of hydrogen-bond acceptors (Lipinski definition) is 3. The molecule has 6 heteroatoms. The lowest BCUT2D eigenvalue weighted by molar-refractivity contribution is 0.165. The third kappa shape index (κ3) is 2.78. The summed E-state index contributed by atoms with van der Waals surface area (Å²) >= 11 is 12.2. The molecule has 0 amide bonds. The predicted octanol–water partition coefficient (Wildman–Crippen LogP) is 5.56. The molecule has 2 heterocycles. The highest BCUT2D eigenvalue weighted by molar-refractivity contribution is 9.13. The van der Waals surface area contributed by atoms with Gasteiger partial charge in [0.25, 0.3) is 0 Å². The third-order valence-electron chi connectivity index (χ3n) is 3.09. The number of thiophene rings is 1. The van der Waals surface area contributed by atoms with Crippen molar-refractivity contribution in [1.29, 1.82) is 0 Å². The number of hydrogen-bond donors (Lipinski definition) is 1. The first-order chi connectivity index (χ1) is 9.04. The summed E-state index contributed by atoms with van der Waals surface area (Å²) in [6.45, 7) is 0. The van der Waals surface area contributed by atoms with Crippen LogP contribution in [0.5, 0.6) is 5.75 Å². The van der Waals surface area contributed by atoms with E-state index >= 15 is 0 Å². The fourth-order valence-corrected chi connectivity index (χ4v) is 4.64. The standard InChI is InChI=1S/C13H10Br3NOS/c14-6-1-2-7-9(17)5-11(18-10(7)3-6)12-4-8(15)13(16)19-12/h1-4,9,11H,5,17H2/t9-,11?/m1/s1. The molecule has 100 valence electrons. The Labute approximate surface area is 140 Å². The molecule has 1 aliphatic rings. The molecule has 19 heavy (non-hydrogen) atoms. The largest absolute Gasteiger partial charge is 0.484 e. The van der Waals surface area contributed by atoms with Gasteiger partial charge in [-0.25, -0.2) is 0 Å². The van der Waals surface area contributed by atoms with Gasteiger partial charge in [0.15, 0.2) is 0 Å². The maximum absolute atomic E-state index is 6.25. The highest BCUT2D eigenvalue weighted by Gasteiger charge is 2.28. The van der Waals surface area contributed by atoms with E-state index in [1.54, 1.807) is 11.3 Å². The maximum Gasteiger partial charge on any atom is 0.135 e. The number of halogens is 3. The van der Waals surface area contributed by atoms with Gasteiger partial charge in [-0.15, -0.1) is 11.3 Å². The SMILES string of the molecule is N[C@@H]1CC(c2cc(Br)c(Br)s2)Oc2cc(Br)ccc21. The lowest BCUT2D eigenvalue weighted by Crippen LogP contribution is -2.23. The molecule has 0 spiro atoms. The van der Waals surface area contributed by atoms with Crippen LogP contribution in [-0.4, -0.2) is 0 Å². The van der Waals surface area contributed by atoms with Crippen molar-refractivity contribution in [1.82, 2.24) is 0 Å². The smallest absolute Gasteiger partial charge is 0.135 e. The Bertz CT molecular complexity index is 609. The second kappa shape index (κ2) is 5.48. The van der Waals surface area contributed by atoms with Gasteiger partial charge in [0.05, 0.1) is 3.79 Å². The molecule has 1 unspecified atom stereocenters. The number of fused-ring (bicyclic) bond motifs is 1. The van der Waals surface area contributed by atoms with Crippen molar-refractivity contribution in [2.75, 3.05) is 0 Å². The molecule has 0 fully saturated rings. The van der Waals surface area contributed by atoms with Crippen molar-refractivity contribution in [3.8, 4) is 5.75 Å². The van der Waals surface area contributed by atoms with Crippen molar-refractivity contribution in [2.45, 2.75) is 18.6 Å². The summed E-state index contributed by atoms with van der Waals surface area (Å²) in [6.07, 6.45) is 0.818. The number of ether oxygens (including phenoxy) is 1. The minimum Gasteiger partial charge on any atom is -0.484 e. The summed E-state index contributed by atoms with van der Waals surface area (Å²) in [5, 5.41) is 0. The molecule has 0 saturated heterocycles. The molecule has 3 rings (SSSR count). The van der Waals surface area contributed by atoms with Gasteiger partial charge < -0.3 is 10.5 Å². The van der Waals surface area contributed by atoms with Crippen LogP contribution >= 0.6 is 59.1 Å². The average Bonchev–Trinajstić information content (AvgIpc) is 2.69. The zero-order chi connectivity index (χ0) is 13.6. The molecule has 0 aliphatic carbocycles. The van der Waals surface area contributed by atoms with E-state index in [2.05, 4.69) is 53.9 Å². The van der Waals surface area contributed by atoms with E-state index in [0.29, 0.717) is 0 Å². The Morgan fingerprint density at radius 1 is 1.21 bits per heavy atom. The predicted molar refractivity (Wildman–Crippen MR) is 88.8 cm³/mol. The fraction of sp³-hybridized carbons (Fsp3) is 0.231. The molecule has 0 radical (unpaired) electrons. The van der Waals surface area contributed by atoms with Crippen molar-refractivity contribution >= 4 is 59.1 Å². The Kier molecular flexibility index (Phi) is 4.06. The molecule has 0 saturated carbocycles. The van der Waals surface area contributed by atoms with Crippen LogP contribution in [0.25, 0.3) is 0 Å². The van der Waals surface area contributed by atoms with Crippen LogP contribution < -0.4 is 10.5 Å². The van der Waals surface area contributed by atoms with Crippen LogP contribution in [-0.2, 0) is 0 Å². The van der Waals surface area contributed by atoms with E-state index in [9.17, 15) is 0 Å². The van der Waals surface area contributed by atoms with Crippen LogP contribution in [0, 0.1) is 0 Å². The summed E-state index contributed by atoms with van der Waals surface area (Å²) in [7, 11) is 0. The van der Waals surface area contributed by atoms with Crippen molar-refractivity contribution < 1.29 is 4.74 Å². The quantitative estimate of drug-likeness (QED) is 0.596. The Morgan fingerprint density at radius 2 is 2.00 bits per heavy atom. The Balaban J connectivity index is 1.96. The van der Waals surface area contributed by atoms with E-state index in [0.717, 1.165) is 30.5 Å². The topological polar surface area (TPSA) is 35.2 Å². The van der Waals surface area contributed by atoms with E-state index in [1.165, 1.54) is 4.88 Å². The Morgan fingerprint density at radius 3 is 2.68 bits per heavy atom. The fourth-order valence-electron chi connectivity index (χ4n) is 2.17. The van der Waals surface area contributed by atoms with Gasteiger partial charge >= 0.3 is 0 Å². The van der Waals surface area contributed by atoms with Crippen molar-refractivity contribution in [3.05, 3.63) is 47.4 Å². The van der Waals surface area contributed by atoms with Crippen LogP contribution in [0.15, 0.2) is 37.0 Å². The lowest BCUT2D eigenvalue weighted by atomic mass is 9.97. The molecule has 2 N–H and O–H groups in total. The van der Waals surface area contributed by atoms with E-state index < -0.39 is 0 Å². The lowest BCUT2D eigenvalue weighted by Gasteiger charge is -2.29. The molecule has 2 aromatic rings. The van der Waals surface area contributed by atoms with Crippen LogP contribution in [0.3, 0.4) is 0 Å². The normalized spacial score (nSPS) is 21.9. The molecule has 1 aromatic carbocycles. The van der Waals surface area contributed by atoms with Crippen molar-refractivity contribution in [3.63, 3.8) is 0 Å². The van der Waals surface area contributed by atoms with E-state index in [4.69, 9.17) is 10.5 Å². The number of nitrogens with two attached hydrogens (primary N) is 1. The van der Waals surface area contributed by atoms with Gasteiger partial charge in [0.1, 0.15) is 11.9 Å². The second-order valence-electron chi connectivity index (χ2n) is 4.40. The summed E-state index contributed by atoms with van der Waals surface area (Å²) in [6, 6.07) is 8.12. The van der Waals surface area contributed by atoms with Gasteiger partial charge in [-0.2, -0.15) is 0 Å². The molecule has 2 atom stereocenters. The van der Waals surface area contributed by atoms with Crippen molar-refractivity contribution in [2.24, 2.45) is 5.73 Å². The third-order valence-corrected chi connectivity index (χ3v) is 6.94. The second-order valence-corrected chi connectivity index (χ2v) is 8.57. The molecule has 1 aliphatic heterocycles. The summed E-state index contributed by atoms with van der Waals surface area (Å²) in [5.41, 5.74) is 7.33. The first-order valence-electron chi connectivity index (χ1n) is 5.71. The van der Waals surface area contributed by atoms with Crippen LogP contribution in [0.4, 0.5) is 0 Å². The average molecular weight is 468 g/mol. The zero-order valence-electron chi connectivity index (χ0n) is 9.70. The van der Waals surface area contributed by atoms with Gasteiger partial charge in [-0.1, -0.05) is 22.0 Å². The van der Waals surface area contributed by atoms with Crippen LogP contribution in [0.1, 0.15) is 29.0 Å². The zero-order valence-corrected chi connectivity index (χ0v) is 15.3. The molecule has 1 aromatic heterocycles. The monoisotopic (exact) mass is 465 g/mol. The van der Waals surface area contributed by atoms with E-state index in [-0.39, 0.29) is 12.1 Å². The molecule has 0 bridgehead atoms. The minimum absolute atomic E-state index is 0.0153. The summed E-state index contributed by atoms with van der Waals surface area (Å²) < 4.78 is 9.25. The summed E-state index contributed by atoms with van der Waals surface area (Å²) in [5.74, 6) is 0.874. The van der Waals surface area contributed by atoms with Crippen LogP contribution in [0.2, 0.25) is 0 Å². The van der Waals surface area contributed by atoms with Gasteiger partial charge in [-0.3, -0.25) is 0 Å². The van der Waals surface area contributed by atoms with E-state index in [1.807, 2.05) is 18.2 Å². The van der Waals surface area contributed by atoms with Gasteiger partial charge in [0.2, 0.25) is 0 Å². The number of benzene rings is 1. The highest BCUT2D eigenvalue weighted by atomic mass is 79.9. The Hall–Kier alpha value is 0.120. The van der Waals surface area contributed by atoms with Gasteiger partial charge in [-0.05, 0) is 50.1 Å². The maximum atomic E-state index is 6.25. The number of rotatable bonds is 1. The summed E-state index contributed by atoms with van der Waals surface area (Å²) in [4.78, 5) is 1.18.